The molecule has 1 aliphatic heterocycles. The van der Waals surface area contributed by atoms with Gasteiger partial charge in [-0.2, -0.15) is 12.6 Å². The lowest BCUT2D eigenvalue weighted by Crippen LogP contribution is -2.48. The molecule has 132 valence electrons. The van der Waals surface area contributed by atoms with Gasteiger partial charge in [0.15, 0.2) is 0 Å². The van der Waals surface area contributed by atoms with Crippen LogP contribution in [0.3, 0.4) is 0 Å². The highest BCUT2D eigenvalue weighted by molar-refractivity contribution is 8.68. The molecule has 0 aromatic heterocycles. The number of carboxylic acid groups (broad SMARTS) is 1. The largest absolute Gasteiger partial charge is 0.507 e. The highest BCUT2D eigenvalue weighted by atomic mass is 33.1. The number of hydrogen-bond donors (Lipinski definition) is 4. The third-order valence-electron chi connectivity index (χ3n) is 3.85. The number of carbonyl (C=O) groups is 1. The fourth-order valence-corrected chi connectivity index (χ4v) is 5.60. The molecule has 0 bridgehead atoms. The number of rotatable bonds is 7. The number of aliphatic imine (C=N–C) groups is 1. The third-order valence-corrected chi connectivity index (χ3v) is 6.81. The fourth-order valence-electron chi connectivity index (χ4n) is 2.48. The Kier molecular flexibility index (Phi) is 7.23. The number of nitrogens with zero attached hydrogens (tertiary/aromatic N) is 2. The minimum absolute atomic E-state index is 0.111. The van der Waals surface area contributed by atoms with Crippen molar-refractivity contribution in [2.24, 2.45) is 4.99 Å². The predicted octanol–water partition coefficient (Wildman–Crippen LogP) is 2.78. The number of likely N-dealkylation sites (N-methyl/N-ethyl adjacent to an activating group) is 1. The van der Waals surface area contributed by atoms with E-state index >= 15 is 0 Å². The van der Waals surface area contributed by atoms with Crippen molar-refractivity contribution in [1.29, 1.82) is 0 Å². The Morgan fingerprint density at radius 1 is 1.58 bits per heavy atom. The summed E-state index contributed by atoms with van der Waals surface area (Å²) < 4.78 is 0. The van der Waals surface area contributed by atoms with Gasteiger partial charge in [0.05, 0.1) is 11.4 Å². The Labute approximate surface area is 160 Å². The van der Waals surface area contributed by atoms with E-state index in [9.17, 15) is 15.0 Å². The van der Waals surface area contributed by atoms with E-state index in [-0.39, 0.29) is 22.9 Å². The van der Waals surface area contributed by atoms with Crippen molar-refractivity contribution in [1.82, 2.24) is 4.90 Å². The van der Waals surface area contributed by atoms with Crippen molar-refractivity contribution in [3.05, 3.63) is 29.3 Å². The van der Waals surface area contributed by atoms with Crippen molar-refractivity contribution >= 4 is 57.9 Å². The zero-order chi connectivity index (χ0) is 17.9. The molecule has 5 nitrogen and oxygen atoms in total. The van der Waals surface area contributed by atoms with Crippen molar-refractivity contribution in [2.45, 2.75) is 24.4 Å². The molecule has 3 atom stereocenters. The second-order valence-electron chi connectivity index (χ2n) is 5.53. The summed E-state index contributed by atoms with van der Waals surface area (Å²) in [6, 6.07) is 4.70. The molecule has 0 spiro atoms. The molecule has 1 heterocycles. The maximum Gasteiger partial charge on any atom is 0.321 e. The van der Waals surface area contributed by atoms with Crippen LogP contribution in [0.2, 0.25) is 0 Å². The van der Waals surface area contributed by atoms with Gasteiger partial charge < -0.3 is 10.2 Å². The number of aryl methyl sites for hydroxylation is 1. The zero-order valence-electron chi connectivity index (χ0n) is 13.3. The lowest BCUT2D eigenvalue weighted by Gasteiger charge is -2.32. The maximum absolute atomic E-state index is 11.4. The van der Waals surface area contributed by atoms with Gasteiger partial charge in [-0.05, 0) is 31.7 Å². The minimum Gasteiger partial charge on any atom is -0.507 e. The summed E-state index contributed by atoms with van der Waals surface area (Å²) >= 11 is 10.0. The normalized spacial score (nSPS) is 20.0. The summed E-state index contributed by atoms with van der Waals surface area (Å²) in [7, 11) is 3.03. The van der Waals surface area contributed by atoms with E-state index in [0.717, 1.165) is 10.6 Å². The van der Waals surface area contributed by atoms with Gasteiger partial charge in [0.1, 0.15) is 16.8 Å². The van der Waals surface area contributed by atoms with Crippen LogP contribution in [0.15, 0.2) is 23.2 Å². The van der Waals surface area contributed by atoms with Crippen LogP contribution in [0.4, 0.5) is 0 Å². The Balaban J connectivity index is 2.22. The van der Waals surface area contributed by atoms with Crippen LogP contribution in [-0.2, 0) is 4.79 Å². The number of phenolic OH excluding ortho intramolecular Hbond substituents is 1. The first-order valence-corrected chi connectivity index (χ1v) is 10.8. The molecule has 2 N–H and O–H groups in total. The summed E-state index contributed by atoms with van der Waals surface area (Å²) in [4.78, 5) is 17.8. The standard InChI is InChI=1S/C15H20N2O3S4/c1-8-3-4-9(12(18)5-8)13-16-10(7-23-13)14(24-22)17(2)11(6-21)15(19)20/h3-5,10-11,14,18,21-22H,6-7H2,1-2H3,(H,19,20)/t10-,11+,14?/m0/s1. The van der Waals surface area contributed by atoms with E-state index in [4.69, 9.17) is 4.99 Å². The van der Waals surface area contributed by atoms with Crippen LogP contribution in [0.1, 0.15) is 11.1 Å². The summed E-state index contributed by atoms with van der Waals surface area (Å²) in [5, 5.41) is 20.0. The lowest BCUT2D eigenvalue weighted by atomic mass is 10.1. The Morgan fingerprint density at radius 3 is 2.83 bits per heavy atom. The minimum atomic E-state index is -0.911. The molecule has 2 rings (SSSR count). The van der Waals surface area contributed by atoms with E-state index in [1.807, 2.05) is 19.1 Å². The molecule has 1 aromatic rings. The van der Waals surface area contributed by atoms with E-state index in [1.54, 1.807) is 29.8 Å². The van der Waals surface area contributed by atoms with Gasteiger partial charge in [0.25, 0.3) is 0 Å². The van der Waals surface area contributed by atoms with Crippen LogP contribution in [-0.4, -0.2) is 62.1 Å². The Hall–Kier alpha value is -0.480. The van der Waals surface area contributed by atoms with Crippen LogP contribution in [0, 0.1) is 6.92 Å². The van der Waals surface area contributed by atoms with Crippen molar-refractivity contribution in [2.75, 3.05) is 18.6 Å². The van der Waals surface area contributed by atoms with Crippen molar-refractivity contribution < 1.29 is 15.0 Å². The van der Waals surface area contributed by atoms with Gasteiger partial charge in [-0.1, -0.05) is 16.9 Å². The molecule has 1 unspecified atom stereocenters. The van der Waals surface area contributed by atoms with Gasteiger partial charge in [-0.3, -0.25) is 14.7 Å². The molecule has 1 aromatic carbocycles. The first-order valence-electron chi connectivity index (χ1n) is 7.25. The third kappa shape index (κ3) is 4.37. The molecule has 24 heavy (non-hydrogen) atoms. The van der Waals surface area contributed by atoms with Crippen LogP contribution < -0.4 is 0 Å². The van der Waals surface area contributed by atoms with Crippen LogP contribution in [0.5, 0.6) is 5.75 Å². The fraction of sp³-hybridized carbons (Fsp3) is 0.467. The van der Waals surface area contributed by atoms with Gasteiger partial charge >= 0.3 is 5.97 Å². The van der Waals surface area contributed by atoms with Crippen molar-refractivity contribution in [3.8, 4) is 5.75 Å². The average molecular weight is 405 g/mol. The first kappa shape index (κ1) is 19.8. The molecular formula is C15H20N2O3S4. The van der Waals surface area contributed by atoms with E-state index < -0.39 is 12.0 Å². The number of aliphatic carboxylic acids is 1. The second kappa shape index (κ2) is 8.75. The highest BCUT2D eigenvalue weighted by Crippen LogP contribution is 2.35. The van der Waals surface area contributed by atoms with Gasteiger partial charge in [-0.25, -0.2) is 0 Å². The molecule has 0 saturated carbocycles. The van der Waals surface area contributed by atoms with Crippen molar-refractivity contribution in [3.63, 3.8) is 0 Å². The molecule has 0 fully saturated rings. The smallest absolute Gasteiger partial charge is 0.321 e. The molecule has 0 amide bonds. The van der Waals surface area contributed by atoms with Gasteiger partial charge in [0.2, 0.25) is 0 Å². The predicted molar refractivity (Wildman–Crippen MR) is 109 cm³/mol. The maximum atomic E-state index is 11.4. The Morgan fingerprint density at radius 2 is 2.29 bits per heavy atom. The number of carboxylic acids is 1. The highest BCUT2D eigenvalue weighted by Gasteiger charge is 2.35. The zero-order valence-corrected chi connectivity index (χ0v) is 16.7. The molecule has 0 aliphatic carbocycles. The van der Waals surface area contributed by atoms with Gasteiger partial charge in [0, 0.05) is 17.1 Å². The number of thiol groups is 2. The monoisotopic (exact) mass is 404 g/mol. The van der Waals surface area contributed by atoms with E-state index in [2.05, 4.69) is 24.3 Å². The summed E-state index contributed by atoms with van der Waals surface area (Å²) in [5.74, 6) is 0.228. The molecular weight excluding hydrogens is 384 g/mol. The van der Waals surface area contributed by atoms with Crippen LogP contribution in [0.25, 0.3) is 0 Å². The number of hydrogen-bond acceptors (Lipinski definition) is 8. The molecule has 1 aliphatic rings. The molecule has 9 heteroatoms. The number of aromatic hydroxyl groups is 1. The number of phenols is 1. The Bertz CT molecular complexity index is 641. The lowest BCUT2D eigenvalue weighted by molar-refractivity contribution is -0.142. The summed E-state index contributed by atoms with van der Waals surface area (Å²) in [6.45, 7) is 1.92. The summed E-state index contributed by atoms with van der Waals surface area (Å²) in [6.07, 6.45) is 0. The van der Waals surface area contributed by atoms with E-state index in [1.165, 1.54) is 10.8 Å². The molecule has 0 saturated heterocycles. The number of thioether (sulfide) groups is 1. The average Bonchev–Trinajstić information content (AvgIpc) is 2.97. The summed E-state index contributed by atoms with van der Waals surface area (Å²) in [5.41, 5.74) is 1.70. The topological polar surface area (TPSA) is 73.1 Å². The van der Waals surface area contributed by atoms with Gasteiger partial charge in [-0.15, -0.1) is 23.4 Å². The number of benzene rings is 1. The van der Waals surface area contributed by atoms with E-state index in [0.29, 0.717) is 11.3 Å². The first-order chi connectivity index (χ1) is 11.4. The SMILES string of the molecule is Cc1ccc(C2=N[C@H](C(SS)N(C)[C@H](CS)C(=O)O)CS2)c(O)c1. The second-order valence-corrected chi connectivity index (χ2v) is 8.23. The van der Waals surface area contributed by atoms with Crippen LogP contribution >= 0.6 is 46.8 Å². The quantitative estimate of drug-likeness (QED) is 0.318. The molecule has 0 radical (unpaired) electrons.